The van der Waals surface area contributed by atoms with Crippen LogP contribution in [0.2, 0.25) is 0 Å². The van der Waals surface area contributed by atoms with Crippen LogP contribution in [-0.2, 0) is 20.3 Å². The minimum atomic E-state index is -3.25. The van der Waals surface area contributed by atoms with Crippen molar-refractivity contribution >= 4 is 51.1 Å². The van der Waals surface area contributed by atoms with Crippen molar-refractivity contribution in [3.8, 4) is 17.2 Å². The first-order valence-electron chi connectivity index (χ1n) is 10.6. The number of rotatable bonds is 10. The van der Waals surface area contributed by atoms with Gasteiger partial charge in [0.15, 0.2) is 5.75 Å². The maximum atomic E-state index is 12.9. The van der Waals surface area contributed by atoms with E-state index in [-0.39, 0.29) is 35.7 Å². The molecule has 3 N–H and O–H groups in total. The van der Waals surface area contributed by atoms with E-state index in [4.69, 9.17) is 9.47 Å². The van der Waals surface area contributed by atoms with Crippen molar-refractivity contribution in [1.82, 2.24) is 5.32 Å². The van der Waals surface area contributed by atoms with Crippen molar-refractivity contribution in [2.75, 3.05) is 13.3 Å². The van der Waals surface area contributed by atoms with Gasteiger partial charge in [0.2, 0.25) is 7.37 Å². The van der Waals surface area contributed by atoms with Gasteiger partial charge in [-0.15, -0.1) is 0 Å². The Hall–Kier alpha value is -1.87. The van der Waals surface area contributed by atoms with Crippen LogP contribution in [-0.4, -0.2) is 41.2 Å². The molecular formula is C23H28Br2NO7P. The minimum Gasteiger partial charge on any atom is -0.507 e. The van der Waals surface area contributed by atoms with Crippen LogP contribution in [0.1, 0.15) is 43.1 Å². The van der Waals surface area contributed by atoms with Crippen LogP contribution in [0, 0.1) is 5.92 Å². The van der Waals surface area contributed by atoms with E-state index in [1.807, 2.05) is 6.92 Å². The number of hydrogen-bond acceptors (Lipinski definition) is 6. The van der Waals surface area contributed by atoms with Crippen molar-refractivity contribution in [2.45, 2.75) is 39.4 Å². The topological polar surface area (TPSA) is 122 Å². The van der Waals surface area contributed by atoms with Crippen LogP contribution in [0.5, 0.6) is 17.2 Å². The number of benzene rings is 2. The van der Waals surface area contributed by atoms with Crippen molar-refractivity contribution in [2.24, 2.45) is 5.92 Å². The summed E-state index contributed by atoms with van der Waals surface area (Å²) in [4.78, 5) is 34.8. The average molecular weight is 621 g/mol. The average Bonchev–Trinajstić information content (AvgIpc) is 2.72. The Labute approximate surface area is 215 Å². The van der Waals surface area contributed by atoms with Crippen LogP contribution < -0.4 is 10.1 Å². The first-order valence-corrected chi connectivity index (χ1v) is 14.5. The summed E-state index contributed by atoms with van der Waals surface area (Å²) in [5.74, 6) is -1.04. The van der Waals surface area contributed by atoms with E-state index < -0.39 is 25.3 Å². The lowest BCUT2D eigenvalue weighted by atomic mass is 10.0. The van der Waals surface area contributed by atoms with E-state index in [1.54, 1.807) is 26.0 Å². The van der Waals surface area contributed by atoms with Gasteiger partial charge in [-0.3, -0.25) is 9.36 Å². The number of hydrogen-bond donors (Lipinski definition) is 3. The standard InChI is InChI=1S/C23H28Br2NO7P/c1-5-8-32-23(29)20(13(2)3)26-22(28)16-11-15(6-7-19(16)27)33-21-17(24)9-14(10-18(21)25)12-34(4,30)31/h6-7,9-11,13,20,27H,5,8,12H2,1-4H3,(H,26,28)(H,30,31). The van der Waals surface area contributed by atoms with Gasteiger partial charge in [0.1, 0.15) is 17.5 Å². The monoisotopic (exact) mass is 619 g/mol. The van der Waals surface area contributed by atoms with Gasteiger partial charge < -0.3 is 24.8 Å². The summed E-state index contributed by atoms with van der Waals surface area (Å²) in [6.07, 6.45) is 0.667. The number of nitrogens with one attached hydrogen (secondary N) is 1. The number of phenols is 1. The highest BCUT2D eigenvalue weighted by Gasteiger charge is 2.27. The molecular weight excluding hydrogens is 593 g/mol. The maximum Gasteiger partial charge on any atom is 0.328 e. The molecule has 2 unspecified atom stereocenters. The summed E-state index contributed by atoms with van der Waals surface area (Å²) in [5.41, 5.74) is 0.572. The van der Waals surface area contributed by atoms with Gasteiger partial charge in [-0.25, -0.2) is 4.79 Å². The van der Waals surface area contributed by atoms with E-state index in [9.17, 15) is 24.2 Å². The summed E-state index contributed by atoms with van der Waals surface area (Å²) in [6, 6.07) is 6.65. The molecule has 0 saturated heterocycles. The Morgan fingerprint density at radius 1 is 1.15 bits per heavy atom. The molecule has 34 heavy (non-hydrogen) atoms. The molecule has 0 aliphatic rings. The van der Waals surface area contributed by atoms with Gasteiger partial charge in [0, 0.05) is 12.8 Å². The van der Waals surface area contributed by atoms with Gasteiger partial charge in [-0.2, -0.15) is 0 Å². The summed E-state index contributed by atoms with van der Waals surface area (Å²) in [5, 5.41) is 12.9. The summed E-state index contributed by atoms with van der Waals surface area (Å²) < 4.78 is 23.9. The van der Waals surface area contributed by atoms with E-state index in [0.29, 0.717) is 26.7 Å². The van der Waals surface area contributed by atoms with E-state index in [1.165, 1.54) is 24.9 Å². The van der Waals surface area contributed by atoms with Crippen LogP contribution in [0.3, 0.4) is 0 Å². The SMILES string of the molecule is CCCOC(=O)C(NC(=O)c1cc(Oc2c(Br)cc(CP(C)(=O)O)cc2Br)ccc1O)C(C)C. The lowest BCUT2D eigenvalue weighted by Gasteiger charge is -2.21. The number of carbonyl (C=O) groups is 2. The fourth-order valence-corrected chi connectivity index (χ4v) is 5.33. The third kappa shape index (κ3) is 8.12. The highest BCUT2D eigenvalue weighted by Crippen LogP contribution is 2.44. The van der Waals surface area contributed by atoms with Gasteiger partial charge in [-0.1, -0.05) is 20.8 Å². The molecule has 0 aliphatic carbocycles. The predicted molar refractivity (Wildman–Crippen MR) is 137 cm³/mol. The molecule has 0 bridgehead atoms. The Bertz CT molecular complexity index is 1080. The van der Waals surface area contributed by atoms with Gasteiger partial charge in [0.05, 0.1) is 21.1 Å². The minimum absolute atomic E-state index is 0.00567. The molecule has 2 atom stereocenters. The first kappa shape index (κ1) is 28.4. The number of amides is 1. The molecule has 0 fully saturated rings. The maximum absolute atomic E-state index is 12.9. The summed E-state index contributed by atoms with van der Waals surface area (Å²) in [6.45, 7) is 6.98. The third-order valence-corrected chi connectivity index (χ3v) is 6.75. The second-order valence-corrected chi connectivity index (χ2v) is 12.4. The molecule has 0 heterocycles. The van der Waals surface area contributed by atoms with Gasteiger partial charge in [0.25, 0.3) is 5.91 Å². The van der Waals surface area contributed by atoms with E-state index >= 15 is 0 Å². The van der Waals surface area contributed by atoms with Gasteiger partial charge in [-0.05, 0) is 80.1 Å². The predicted octanol–water partition coefficient (Wildman–Crippen LogP) is 5.82. The molecule has 2 rings (SSSR count). The molecule has 0 spiro atoms. The molecule has 1 amide bonds. The Morgan fingerprint density at radius 2 is 1.76 bits per heavy atom. The van der Waals surface area contributed by atoms with Crippen LogP contribution >= 0.6 is 39.2 Å². The first-order chi connectivity index (χ1) is 15.8. The number of phenolic OH excluding ortho intramolecular Hbond substituents is 1. The summed E-state index contributed by atoms with van der Waals surface area (Å²) >= 11 is 6.81. The molecule has 8 nitrogen and oxygen atoms in total. The fraction of sp³-hybridized carbons (Fsp3) is 0.391. The molecule has 186 valence electrons. The molecule has 0 radical (unpaired) electrons. The normalized spacial score (nSPS) is 13.8. The third-order valence-electron chi connectivity index (χ3n) is 4.62. The Kier molecular flexibility index (Phi) is 10.2. The van der Waals surface area contributed by atoms with Crippen molar-refractivity contribution in [1.29, 1.82) is 0 Å². The van der Waals surface area contributed by atoms with Crippen LogP contribution in [0.15, 0.2) is 39.3 Å². The molecule has 2 aromatic rings. The quantitative estimate of drug-likeness (QED) is 0.226. The Balaban J connectivity index is 2.27. The van der Waals surface area contributed by atoms with Crippen molar-refractivity contribution in [3.05, 3.63) is 50.4 Å². The van der Waals surface area contributed by atoms with Gasteiger partial charge >= 0.3 is 5.97 Å². The van der Waals surface area contributed by atoms with Crippen LogP contribution in [0.4, 0.5) is 0 Å². The zero-order chi connectivity index (χ0) is 25.6. The second-order valence-electron chi connectivity index (χ2n) is 8.24. The number of ether oxygens (including phenoxy) is 2. The fourth-order valence-electron chi connectivity index (χ4n) is 3.03. The number of esters is 1. The zero-order valence-electron chi connectivity index (χ0n) is 19.3. The molecule has 0 saturated carbocycles. The van der Waals surface area contributed by atoms with Crippen LogP contribution in [0.25, 0.3) is 0 Å². The largest absolute Gasteiger partial charge is 0.507 e. The zero-order valence-corrected chi connectivity index (χ0v) is 23.4. The molecule has 0 aromatic heterocycles. The molecule has 2 aromatic carbocycles. The van der Waals surface area contributed by atoms with Crippen molar-refractivity contribution < 1.29 is 33.6 Å². The number of aromatic hydroxyl groups is 1. The lowest BCUT2D eigenvalue weighted by Crippen LogP contribution is -2.45. The lowest BCUT2D eigenvalue weighted by molar-refractivity contribution is -0.147. The van der Waals surface area contributed by atoms with E-state index in [2.05, 4.69) is 37.2 Å². The van der Waals surface area contributed by atoms with Crippen molar-refractivity contribution in [3.63, 3.8) is 0 Å². The number of halogens is 2. The highest BCUT2D eigenvalue weighted by atomic mass is 79.9. The summed E-state index contributed by atoms with van der Waals surface area (Å²) in [7, 11) is -3.25. The smallest absolute Gasteiger partial charge is 0.328 e. The number of carbonyl (C=O) groups excluding carboxylic acids is 2. The highest BCUT2D eigenvalue weighted by molar-refractivity contribution is 9.11. The Morgan fingerprint density at radius 3 is 2.29 bits per heavy atom. The van der Waals surface area contributed by atoms with E-state index in [0.717, 1.165) is 0 Å². The molecule has 11 heteroatoms. The second kappa shape index (κ2) is 12.2. The molecule has 0 aliphatic heterocycles.